The van der Waals surface area contributed by atoms with E-state index in [1.54, 1.807) is 17.7 Å². The van der Waals surface area contributed by atoms with Gasteiger partial charge in [0.15, 0.2) is 5.75 Å². The van der Waals surface area contributed by atoms with Crippen molar-refractivity contribution < 1.29 is 4.74 Å². The Balaban J connectivity index is 1.69. The highest BCUT2D eigenvalue weighted by Crippen LogP contribution is 2.42. The second kappa shape index (κ2) is 7.91. The summed E-state index contributed by atoms with van der Waals surface area (Å²) in [5.74, 6) is 1.07. The Morgan fingerprint density at radius 2 is 2.14 bits per heavy atom. The fraction of sp³-hybridized carbons (Fsp3) is 0.571. The zero-order valence-corrected chi connectivity index (χ0v) is 16.9. The first-order valence-corrected chi connectivity index (χ1v) is 10.2. The van der Waals surface area contributed by atoms with Crippen LogP contribution in [0.1, 0.15) is 32.2 Å². The third-order valence-electron chi connectivity index (χ3n) is 6.11. The SMILES string of the molecule is [C-]#[N+]CCNC(C)C1CCN(c2ccc3c(=O)[nH]c(=O)n(C4CC4)c3c2OC)C1. The van der Waals surface area contributed by atoms with Crippen LogP contribution >= 0.6 is 0 Å². The molecule has 154 valence electrons. The van der Waals surface area contributed by atoms with E-state index in [9.17, 15) is 9.59 Å². The molecule has 0 amide bonds. The van der Waals surface area contributed by atoms with Crippen molar-refractivity contribution in [1.29, 1.82) is 0 Å². The molecule has 0 radical (unpaired) electrons. The highest BCUT2D eigenvalue weighted by Gasteiger charge is 2.32. The van der Waals surface area contributed by atoms with Gasteiger partial charge in [-0.05, 0) is 44.2 Å². The molecule has 1 saturated carbocycles. The van der Waals surface area contributed by atoms with Gasteiger partial charge in [-0.1, -0.05) is 0 Å². The van der Waals surface area contributed by atoms with E-state index in [1.807, 2.05) is 6.07 Å². The van der Waals surface area contributed by atoms with Crippen LogP contribution in [-0.2, 0) is 0 Å². The first kappa shape index (κ1) is 19.5. The minimum atomic E-state index is -0.372. The summed E-state index contributed by atoms with van der Waals surface area (Å²) < 4.78 is 7.47. The van der Waals surface area contributed by atoms with Gasteiger partial charge in [-0.2, -0.15) is 0 Å². The number of hydrogen-bond donors (Lipinski definition) is 2. The molecule has 1 aromatic heterocycles. The largest absolute Gasteiger partial charge is 0.492 e. The van der Waals surface area contributed by atoms with Crippen molar-refractivity contribution in [3.05, 3.63) is 44.4 Å². The summed E-state index contributed by atoms with van der Waals surface area (Å²) in [5, 5.41) is 3.93. The van der Waals surface area contributed by atoms with Gasteiger partial charge in [0.25, 0.3) is 5.56 Å². The zero-order chi connectivity index (χ0) is 20.5. The fourth-order valence-electron chi connectivity index (χ4n) is 4.37. The lowest BCUT2D eigenvalue weighted by Crippen LogP contribution is -2.36. The predicted octanol–water partition coefficient (Wildman–Crippen LogP) is 1.76. The van der Waals surface area contributed by atoms with E-state index in [2.05, 4.69) is 27.0 Å². The molecule has 0 spiro atoms. The van der Waals surface area contributed by atoms with Gasteiger partial charge in [0, 0.05) is 25.2 Å². The molecule has 8 nitrogen and oxygen atoms in total. The van der Waals surface area contributed by atoms with E-state index in [-0.39, 0.29) is 17.3 Å². The summed E-state index contributed by atoms with van der Waals surface area (Å²) in [6, 6.07) is 4.18. The molecule has 2 aromatic rings. The Morgan fingerprint density at radius 3 is 2.83 bits per heavy atom. The second-order valence-electron chi connectivity index (χ2n) is 7.99. The number of rotatable bonds is 7. The number of aromatic nitrogens is 2. The van der Waals surface area contributed by atoms with E-state index in [1.165, 1.54) is 0 Å². The van der Waals surface area contributed by atoms with Crippen LogP contribution in [0, 0.1) is 12.5 Å². The van der Waals surface area contributed by atoms with Crippen molar-refractivity contribution in [2.75, 3.05) is 38.2 Å². The summed E-state index contributed by atoms with van der Waals surface area (Å²) >= 11 is 0. The monoisotopic (exact) mass is 397 g/mol. The minimum absolute atomic E-state index is 0.129. The Kier molecular flexibility index (Phi) is 5.33. The van der Waals surface area contributed by atoms with E-state index in [4.69, 9.17) is 11.3 Å². The molecule has 2 fully saturated rings. The van der Waals surface area contributed by atoms with Crippen molar-refractivity contribution in [1.82, 2.24) is 14.9 Å². The van der Waals surface area contributed by atoms with Gasteiger partial charge in [0.05, 0.1) is 24.7 Å². The van der Waals surface area contributed by atoms with Gasteiger partial charge >= 0.3 is 5.69 Å². The second-order valence-corrected chi connectivity index (χ2v) is 7.99. The molecular formula is C21H27N5O3. The molecule has 1 aliphatic carbocycles. The van der Waals surface area contributed by atoms with Crippen molar-refractivity contribution in [2.45, 2.75) is 38.3 Å². The smallest absolute Gasteiger partial charge is 0.329 e. The average molecular weight is 397 g/mol. The van der Waals surface area contributed by atoms with E-state index in [0.717, 1.165) is 38.0 Å². The standard InChI is InChI=1S/C21H27N5O3/c1-13(23-10-9-22-2)14-8-11-25(12-14)17-7-6-16-18(19(17)29-3)26(15-4-5-15)21(28)24-20(16)27/h6-7,13-15,23H,4-5,8-12H2,1,3H3,(H,24,27,28). The first-order chi connectivity index (χ1) is 14.0. The highest BCUT2D eigenvalue weighted by atomic mass is 16.5. The van der Waals surface area contributed by atoms with Gasteiger partial charge in [0.2, 0.25) is 6.54 Å². The molecule has 2 N–H and O–H groups in total. The van der Waals surface area contributed by atoms with Crippen LogP contribution in [0.15, 0.2) is 21.7 Å². The molecule has 29 heavy (non-hydrogen) atoms. The number of fused-ring (bicyclic) bond motifs is 1. The number of hydrogen-bond acceptors (Lipinski definition) is 5. The number of aromatic amines is 1. The lowest BCUT2D eigenvalue weighted by atomic mass is 10.0. The number of ether oxygens (including phenoxy) is 1. The normalized spacial score (nSPS) is 20.0. The third kappa shape index (κ3) is 3.62. The van der Waals surface area contributed by atoms with E-state index in [0.29, 0.717) is 41.7 Å². The van der Waals surface area contributed by atoms with Crippen LogP contribution < -0.4 is 26.2 Å². The molecule has 0 bridgehead atoms. The molecule has 2 unspecified atom stereocenters. The van der Waals surface area contributed by atoms with E-state index < -0.39 is 0 Å². The van der Waals surface area contributed by atoms with Crippen LogP contribution in [0.25, 0.3) is 15.7 Å². The van der Waals surface area contributed by atoms with Gasteiger partial charge in [-0.3, -0.25) is 14.3 Å². The summed E-state index contributed by atoms with van der Waals surface area (Å²) in [7, 11) is 1.60. The zero-order valence-electron chi connectivity index (χ0n) is 16.9. The Bertz CT molecular complexity index is 1060. The molecular weight excluding hydrogens is 370 g/mol. The lowest BCUT2D eigenvalue weighted by Gasteiger charge is -2.25. The Morgan fingerprint density at radius 1 is 1.34 bits per heavy atom. The predicted molar refractivity (Wildman–Crippen MR) is 113 cm³/mol. The molecule has 2 aliphatic rings. The van der Waals surface area contributed by atoms with Gasteiger partial charge in [0.1, 0.15) is 5.52 Å². The van der Waals surface area contributed by atoms with Crippen molar-refractivity contribution in [3.63, 3.8) is 0 Å². The van der Waals surface area contributed by atoms with Gasteiger partial charge in [-0.15, -0.1) is 0 Å². The van der Waals surface area contributed by atoms with Gasteiger partial charge in [-0.25, -0.2) is 11.4 Å². The first-order valence-electron chi connectivity index (χ1n) is 10.2. The summed E-state index contributed by atoms with van der Waals surface area (Å²) in [4.78, 5) is 33.0. The molecule has 1 aliphatic heterocycles. The number of anilines is 1. The van der Waals surface area contributed by atoms with Crippen LogP contribution in [0.3, 0.4) is 0 Å². The highest BCUT2D eigenvalue weighted by molar-refractivity contribution is 5.90. The van der Waals surface area contributed by atoms with Crippen LogP contribution in [0.4, 0.5) is 5.69 Å². The molecule has 2 atom stereocenters. The number of nitrogens with zero attached hydrogens (tertiary/aromatic N) is 3. The molecule has 8 heteroatoms. The summed E-state index contributed by atoms with van der Waals surface area (Å²) in [6.45, 7) is 12.0. The lowest BCUT2D eigenvalue weighted by molar-refractivity contribution is 0.406. The van der Waals surface area contributed by atoms with Gasteiger partial charge < -0.3 is 19.8 Å². The third-order valence-corrected chi connectivity index (χ3v) is 6.11. The minimum Gasteiger partial charge on any atom is -0.492 e. The summed E-state index contributed by atoms with van der Waals surface area (Å²) in [6.07, 6.45) is 2.92. The Labute approximate surface area is 169 Å². The molecule has 1 aromatic carbocycles. The number of nitrogens with one attached hydrogen (secondary N) is 2. The quantitative estimate of drug-likeness (QED) is 0.549. The number of benzene rings is 1. The number of methoxy groups -OCH3 is 1. The number of H-pyrrole nitrogens is 1. The van der Waals surface area contributed by atoms with Crippen LogP contribution in [0.2, 0.25) is 0 Å². The summed E-state index contributed by atoms with van der Waals surface area (Å²) in [5.41, 5.74) is 0.796. The maximum absolute atomic E-state index is 12.5. The molecule has 4 rings (SSSR count). The van der Waals surface area contributed by atoms with E-state index >= 15 is 0 Å². The van der Waals surface area contributed by atoms with Crippen molar-refractivity contribution in [2.24, 2.45) is 5.92 Å². The fourth-order valence-corrected chi connectivity index (χ4v) is 4.37. The topological polar surface area (TPSA) is 83.7 Å². The average Bonchev–Trinajstić information content (AvgIpc) is 3.41. The molecule has 1 saturated heterocycles. The maximum Gasteiger partial charge on any atom is 0.329 e. The molecule has 2 heterocycles. The van der Waals surface area contributed by atoms with Crippen molar-refractivity contribution in [3.8, 4) is 5.75 Å². The Hall–Kier alpha value is -2.79. The van der Waals surface area contributed by atoms with Crippen molar-refractivity contribution >= 4 is 16.6 Å². The van der Waals surface area contributed by atoms with Crippen LogP contribution in [0.5, 0.6) is 5.75 Å². The van der Waals surface area contributed by atoms with Crippen LogP contribution in [-0.4, -0.2) is 48.9 Å². The maximum atomic E-state index is 12.5.